The second-order valence-electron chi connectivity index (χ2n) is 4.87. The Balaban J connectivity index is 1.85. The van der Waals surface area contributed by atoms with Gasteiger partial charge in [0.1, 0.15) is 0 Å². The number of anilines is 1. The minimum Gasteiger partial charge on any atom is -0.392 e. The summed E-state index contributed by atoms with van der Waals surface area (Å²) in [6.45, 7) is -0.314. The Morgan fingerprint density at radius 2 is 2.19 bits per heavy atom. The van der Waals surface area contributed by atoms with Crippen molar-refractivity contribution in [3.8, 4) is 0 Å². The van der Waals surface area contributed by atoms with Gasteiger partial charge in [0.15, 0.2) is 5.13 Å². The lowest BCUT2D eigenvalue weighted by Gasteiger charge is -2.07. The van der Waals surface area contributed by atoms with Crippen LogP contribution in [0.15, 0.2) is 28.5 Å². The lowest BCUT2D eigenvalue weighted by atomic mass is 10.2. The number of aromatic nitrogens is 1. The molecule has 1 saturated carbocycles. The molecule has 1 aromatic carbocycles. The van der Waals surface area contributed by atoms with Crippen LogP contribution in [0.4, 0.5) is 5.13 Å². The smallest absolute Gasteiger partial charge is 0.263 e. The van der Waals surface area contributed by atoms with E-state index in [1.54, 1.807) is 0 Å². The average molecular weight is 345 g/mol. The standard InChI is InChI=1S/C13H13ClN2O3S2/c14-11-4-3-10(5-9(11)6-17)21(18,19)16-13-15-12(7-20-13)8-1-2-8/h3-5,7-8,17H,1-2,6H2,(H,15,16). The van der Waals surface area contributed by atoms with Crippen molar-refractivity contribution in [1.29, 1.82) is 0 Å². The molecule has 2 aromatic rings. The number of aliphatic hydroxyl groups excluding tert-OH is 1. The Kier molecular flexibility index (Phi) is 3.92. The van der Waals surface area contributed by atoms with Crippen LogP contribution in [0.25, 0.3) is 0 Å². The van der Waals surface area contributed by atoms with Crippen molar-refractivity contribution < 1.29 is 13.5 Å². The zero-order valence-electron chi connectivity index (χ0n) is 10.9. The van der Waals surface area contributed by atoms with E-state index in [2.05, 4.69) is 9.71 Å². The highest BCUT2D eigenvalue weighted by Gasteiger charge is 2.27. The maximum atomic E-state index is 12.3. The van der Waals surface area contributed by atoms with Crippen molar-refractivity contribution in [3.63, 3.8) is 0 Å². The zero-order valence-corrected chi connectivity index (χ0v) is 13.3. The number of nitrogens with one attached hydrogen (secondary N) is 1. The molecule has 0 spiro atoms. The molecule has 1 heterocycles. The van der Waals surface area contributed by atoms with E-state index in [1.165, 1.54) is 29.5 Å². The van der Waals surface area contributed by atoms with Crippen molar-refractivity contribution in [1.82, 2.24) is 4.98 Å². The van der Waals surface area contributed by atoms with Crippen LogP contribution < -0.4 is 4.72 Å². The quantitative estimate of drug-likeness (QED) is 0.874. The van der Waals surface area contributed by atoms with Crippen molar-refractivity contribution in [2.75, 3.05) is 4.72 Å². The molecule has 112 valence electrons. The van der Waals surface area contributed by atoms with Crippen molar-refractivity contribution in [2.24, 2.45) is 0 Å². The maximum absolute atomic E-state index is 12.3. The Morgan fingerprint density at radius 1 is 1.43 bits per heavy atom. The van der Waals surface area contributed by atoms with Gasteiger partial charge in [0.2, 0.25) is 0 Å². The Labute approximate surface area is 131 Å². The van der Waals surface area contributed by atoms with Gasteiger partial charge in [0, 0.05) is 16.3 Å². The third-order valence-corrected chi connectivity index (χ3v) is 5.85. The first-order chi connectivity index (χ1) is 9.99. The summed E-state index contributed by atoms with van der Waals surface area (Å²) in [5, 5.41) is 11.7. The number of hydrogen-bond donors (Lipinski definition) is 2. The molecule has 1 aliphatic carbocycles. The van der Waals surface area contributed by atoms with E-state index in [9.17, 15) is 8.42 Å². The average Bonchev–Trinajstić information content (AvgIpc) is 3.20. The first kappa shape index (κ1) is 14.8. The second kappa shape index (κ2) is 5.57. The Bertz CT molecular complexity index is 769. The lowest BCUT2D eigenvalue weighted by molar-refractivity contribution is 0.281. The fourth-order valence-electron chi connectivity index (χ4n) is 1.91. The van der Waals surface area contributed by atoms with Gasteiger partial charge in [-0.3, -0.25) is 4.72 Å². The number of halogens is 1. The molecule has 0 aliphatic heterocycles. The molecule has 0 saturated heterocycles. The van der Waals surface area contributed by atoms with Gasteiger partial charge in [-0.25, -0.2) is 13.4 Å². The highest BCUT2D eigenvalue weighted by atomic mass is 35.5. The van der Waals surface area contributed by atoms with Crippen LogP contribution in [-0.4, -0.2) is 18.5 Å². The Morgan fingerprint density at radius 3 is 2.86 bits per heavy atom. The van der Waals surface area contributed by atoms with Gasteiger partial charge in [0.05, 0.1) is 17.2 Å². The van der Waals surface area contributed by atoms with Crippen LogP contribution in [0.3, 0.4) is 0 Å². The molecule has 1 aliphatic rings. The van der Waals surface area contributed by atoms with Crippen molar-refractivity contribution in [2.45, 2.75) is 30.3 Å². The van der Waals surface area contributed by atoms with Gasteiger partial charge in [0.25, 0.3) is 10.0 Å². The predicted octanol–water partition coefficient (Wildman–Crippen LogP) is 2.97. The van der Waals surface area contributed by atoms with Gasteiger partial charge in [-0.05, 0) is 36.6 Å². The second-order valence-corrected chi connectivity index (χ2v) is 7.82. The van der Waals surface area contributed by atoms with E-state index in [-0.39, 0.29) is 11.5 Å². The van der Waals surface area contributed by atoms with Gasteiger partial charge < -0.3 is 5.11 Å². The van der Waals surface area contributed by atoms with Crippen LogP contribution in [0.5, 0.6) is 0 Å². The number of rotatable bonds is 5. The molecule has 0 amide bonds. The largest absolute Gasteiger partial charge is 0.392 e. The van der Waals surface area contributed by atoms with E-state index in [0.717, 1.165) is 18.5 Å². The minimum atomic E-state index is -3.73. The van der Waals surface area contributed by atoms with Gasteiger partial charge in [-0.2, -0.15) is 0 Å². The molecule has 3 rings (SSSR count). The summed E-state index contributed by atoms with van der Waals surface area (Å²) in [6.07, 6.45) is 2.24. The highest BCUT2D eigenvalue weighted by molar-refractivity contribution is 7.93. The number of thiazole rings is 1. The number of hydrogen-bond acceptors (Lipinski definition) is 5. The molecule has 0 atom stereocenters. The van der Waals surface area contributed by atoms with E-state index in [1.807, 2.05) is 5.38 Å². The lowest BCUT2D eigenvalue weighted by Crippen LogP contribution is -2.13. The summed E-state index contributed by atoms with van der Waals surface area (Å²) in [6, 6.07) is 4.22. The molecule has 2 N–H and O–H groups in total. The number of nitrogens with zero attached hydrogens (tertiary/aromatic N) is 1. The molecule has 0 bridgehead atoms. The fraction of sp³-hybridized carbons (Fsp3) is 0.308. The summed E-state index contributed by atoms with van der Waals surface area (Å²) in [5.41, 5.74) is 1.32. The predicted molar refractivity (Wildman–Crippen MR) is 82.3 cm³/mol. The van der Waals surface area contributed by atoms with Crippen LogP contribution in [0.2, 0.25) is 5.02 Å². The van der Waals surface area contributed by atoms with E-state index in [0.29, 0.717) is 21.6 Å². The minimum absolute atomic E-state index is 0.0547. The third kappa shape index (κ3) is 3.21. The molecule has 0 unspecified atom stereocenters. The topological polar surface area (TPSA) is 79.3 Å². The molecule has 21 heavy (non-hydrogen) atoms. The SMILES string of the molecule is O=S(=O)(Nc1nc(C2CC2)cs1)c1ccc(Cl)c(CO)c1. The molecule has 5 nitrogen and oxygen atoms in total. The first-order valence-corrected chi connectivity index (χ1v) is 9.11. The summed E-state index contributed by atoms with van der Waals surface area (Å²) < 4.78 is 27.1. The zero-order chi connectivity index (χ0) is 15.0. The third-order valence-electron chi connectivity index (χ3n) is 3.24. The van der Waals surface area contributed by atoms with Crippen LogP contribution in [0.1, 0.15) is 30.0 Å². The van der Waals surface area contributed by atoms with Crippen molar-refractivity contribution >= 4 is 38.1 Å². The van der Waals surface area contributed by atoms with Gasteiger partial charge in [-0.1, -0.05) is 11.6 Å². The normalized spacial score (nSPS) is 15.1. The number of sulfonamides is 1. The van der Waals surface area contributed by atoms with Crippen LogP contribution >= 0.6 is 22.9 Å². The van der Waals surface area contributed by atoms with E-state index < -0.39 is 10.0 Å². The monoisotopic (exact) mass is 344 g/mol. The maximum Gasteiger partial charge on any atom is 0.263 e. The molecule has 8 heteroatoms. The molecular weight excluding hydrogens is 332 g/mol. The van der Waals surface area contributed by atoms with Crippen LogP contribution in [-0.2, 0) is 16.6 Å². The van der Waals surface area contributed by atoms with E-state index >= 15 is 0 Å². The van der Waals surface area contributed by atoms with Crippen molar-refractivity contribution in [3.05, 3.63) is 39.9 Å². The summed E-state index contributed by atoms with van der Waals surface area (Å²) in [4.78, 5) is 4.35. The van der Waals surface area contributed by atoms with Crippen LogP contribution in [0, 0.1) is 0 Å². The number of benzene rings is 1. The molecule has 1 fully saturated rings. The summed E-state index contributed by atoms with van der Waals surface area (Å²) in [7, 11) is -3.73. The molecule has 1 aromatic heterocycles. The number of aliphatic hydroxyl groups is 1. The molecular formula is C13H13ClN2O3S2. The fourth-order valence-corrected chi connectivity index (χ4v) is 4.19. The van der Waals surface area contributed by atoms with Gasteiger partial charge in [-0.15, -0.1) is 11.3 Å². The summed E-state index contributed by atoms with van der Waals surface area (Å²) >= 11 is 7.14. The highest BCUT2D eigenvalue weighted by Crippen LogP contribution is 2.41. The first-order valence-electron chi connectivity index (χ1n) is 6.37. The van der Waals surface area contributed by atoms with E-state index in [4.69, 9.17) is 16.7 Å². The molecule has 0 radical (unpaired) electrons. The summed E-state index contributed by atoms with van der Waals surface area (Å²) in [5.74, 6) is 0.482. The Hall–Kier alpha value is -1.15. The van der Waals surface area contributed by atoms with Gasteiger partial charge >= 0.3 is 0 Å².